The average Bonchev–Trinajstić information content (AvgIpc) is 3.61. The molecule has 0 saturated carbocycles. The molecule has 0 N–H and O–H groups in total. The van der Waals surface area contributed by atoms with Crippen molar-refractivity contribution in [2.24, 2.45) is 0 Å². The molecular formula is C52H35NS. The van der Waals surface area contributed by atoms with Gasteiger partial charge in [-0.25, -0.2) is 0 Å². The topological polar surface area (TPSA) is 3.24 Å². The minimum absolute atomic E-state index is 1.10. The fourth-order valence-corrected chi connectivity index (χ4v) is 8.90. The molecule has 0 saturated heterocycles. The lowest BCUT2D eigenvalue weighted by Gasteiger charge is -2.27. The van der Waals surface area contributed by atoms with Crippen molar-refractivity contribution in [1.29, 1.82) is 0 Å². The van der Waals surface area contributed by atoms with E-state index in [4.69, 9.17) is 0 Å². The molecule has 254 valence electrons. The van der Waals surface area contributed by atoms with Crippen LogP contribution in [0.2, 0.25) is 0 Å². The van der Waals surface area contributed by atoms with Gasteiger partial charge < -0.3 is 4.90 Å². The Hall–Kier alpha value is -6.74. The quantitative estimate of drug-likeness (QED) is 0.160. The van der Waals surface area contributed by atoms with Gasteiger partial charge >= 0.3 is 0 Å². The number of hydrogen-bond acceptors (Lipinski definition) is 2. The van der Waals surface area contributed by atoms with Gasteiger partial charge in [0, 0.05) is 37.2 Å². The second-order valence-electron chi connectivity index (χ2n) is 13.8. The van der Waals surface area contributed by atoms with Gasteiger partial charge in [-0.15, -0.1) is 11.3 Å². The zero-order chi connectivity index (χ0) is 35.8. The van der Waals surface area contributed by atoms with Crippen LogP contribution in [0.25, 0.3) is 75.5 Å². The van der Waals surface area contributed by atoms with E-state index >= 15 is 0 Å². The summed E-state index contributed by atoms with van der Waals surface area (Å²) in [5.41, 5.74) is 13.0. The molecule has 0 radical (unpaired) electrons. The number of anilines is 3. The van der Waals surface area contributed by atoms with Gasteiger partial charge in [-0.2, -0.15) is 0 Å². The highest BCUT2D eigenvalue weighted by molar-refractivity contribution is 7.25. The molecule has 10 rings (SSSR count). The number of rotatable bonds is 7. The van der Waals surface area contributed by atoms with E-state index in [9.17, 15) is 0 Å². The molecule has 2 heteroatoms. The summed E-state index contributed by atoms with van der Waals surface area (Å²) in [6, 6.07) is 77.1. The summed E-state index contributed by atoms with van der Waals surface area (Å²) in [5, 5.41) is 5.20. The van der Waals surface area contributed by atoms with Crippen molar-refractivity contribution in [1.82, 2.24) is 0 Å². The molecule has 0 atom stereocenters. The summed E-state index contributed by atoms with van der Waals surface area (Å²) in [6.07, 6.45) is 0. The predicted octanol–water partition coefficient (Wildman–Crippen LogP) is 15.3. The Balaban J connectivity index is 1.11. The van der Waals surface area contributed by atoms with Crippen molar-refractivity contribution >= 4 is 59.3 Å². The van der Waals surface area contributed by atoms with Crippen LogP contribution in [0, 0.1) is 0 Å². The third-order valence-electron chi connectivity index (χ3n) is 10.5. The minimum Gasteiger partial charge on any atom is -0.310 e. The second kappa shape index (κ2) is 13.7. The van der Waals surface area contributed by atoms with Gasteiger partial charge in [-0.1, -0.05) is 158 Å². The Kier molecular flexibility index (Phi) is 8.09. The zero-order valence-electron chi connectivity index (χ0n) is 29.6. The molecule has 0 fully saturated rings. The molecule has 0 unspecified atom stereocenters. The third-order valence-corrected chi connectivity index (χ3v) is 11.6. The fourth-order valence-electron chi connectivity index (χ4n) is 7.72. The number of nitrogens with zero attached hydrogens (tertiary/aromatic N) is 1. The van der Waals surface area contributed by atoms with Crippen LogP contribution < -0.4 is 4.90 Å². The molecular weight excluding hydrogens is 671 g/mol. The van der Waals surface area contributed by atoms with Crippen LogP contribution in [0.15, 0.2) is 212 Å². The van der Waals surface area contributed by atoms with Crippen LogP contribution in [0.5, 0.6) is 0 Å². The van der Waals surface area contributed by atoms with E-state index in [-0.39, 0.29) is 0 Å². The summed E-state index contributed by atoms with van der Waals surface area (Å²) in [6.45, 7) is 0. The van der Waals surface area contributed by atoms with Gasteiger partial charge in [0.2, 0.25) is 0 Å². The Morgan fingerprint density at radius 1 is 0.278 bits per heavy atom. The molecule has 1 nitrogen and oxygen atoms in total. The van der Waals surface area contributed by atoms with Crippen molar-refractivity contribution in [2.45, 2.75) is 0 Å². The highest BCUT2D eigenvalue weighted by Crippen LogP contribution is 2.44. The molecule has 1 aromatic heterocycles. The van der Waals surface area contributed by atoms with Crippen molar-refractivity contribution in [3.63, 3.8) is 0 Å². The van der Waals surface area contributed by atoms with Gasteiger partial charge in [0.15, 0.2) is 0 Å². The van der Waals surface area contributed by atoms with E-state index in [0.29, 0.717) is 0 Å². The Morgan fingerprint density at radius 2 is 0.741 bits per heavy atom. The minimum atomic E-state index is 1.10. The van der Waals surface area contributed by atoms with Crippen molar-refractivity contribution in [3.8, 4) is 44.5 Å². The molecule has 0 spiro atoms. The van der Waals surface area contributed by atoms with Crippen LogP contribution in [0.4, 0.5) is 17.1 Å². The van der Waals surface area contributed by atoms with Crippen molar-refractivity contribution < 1.29 is 0 Å². The largest absolute Gasteiger partial charge is 0.310 e. The highest BCUT2D eigenvalue weighted by atomic mass is 32.1. The molecule has 1 heterocycles. The van der Waals surface area contributed by atoms with Gasteiger partial charge in [0.1, 0.15) is 0 Å². The zero-order valence-corrected chi connectivity index (χ0v) is 30.4. The lowest BCUT2D eigenvalue weighted by Crippen LogP contribution is -2.10. The van der Waals surface area contributed by atoms with Crippen molar-refractivity contribution in [3.05, 3.63) is 212 Å². The van der Waals surface area contributed by atoms with Crippen LogP contribution in [-0.2, 0) is 0 Å². The van der Waals surface area contributed by atoms with E-state index in [1.807, 2.05) is 11.3 Å². The molecule has 0 aliphatic heterocycles. The monoisotopic (exact) mass is 705 g/mol. The van der Waals surface area contributed by atoms with Crippen LogP contribution in [0.3, 0.4) is 0 Å². The summed E-state index contributed by atoms with van der Waals surface area (Å²) in [5.74, 6) is 0. The lowest BCUT2D eigenvalue weighted by molar-refractivity contribution is 1.28. The van der Waals surface area contributed by atoms with E-state index in [1.54, 1.807) is 0 Å². The Morgan fingerprint density at radius 3 is 1.33 bits per heavy atom. The van der Waals surface area contributed by atoms with Gasteiger partial charge in [0.25, 0.3) is 0 Å². The average molecular weight is 706 g/mol. The van der Waals surface area contributed by atoms with Gasteiger partial charge in [-0.3, -0.25) is 0 Å². The van der Waals surface area contributed by atoms with E-state index in [1.165, 1.54) is 75.5 Å². The van der Waals surface area contributed by atoms with Crippen molar-refractivity contribution in [2.75, 3.05) is 4.90 Å². The molecule has 0 amide bonds. The molecule has 0 aliphatic carbocycles. The Labute approximate surface area is 319 Å². The predicted molar refractivity (Wildman–Crippen MR) is 233 cm³/mol. The van der Waals surface area contributed by atoms with Crippen LogP contribution in [-0.4, -0.2) is 0 Å². The SMILES string of the molecule is c1ccc(-c2ccc(N(c3ccc(-c4ccccc4)cc3)c3ccc(-c4ccc5c(c4)sc4cc6ccccc6cc45)c(-c4ccccc4)c3)cc2)cc1. The standard InChI is InChI=1S/C52H35NS/c1-4-12-36(13-5-1)38-20-25-44(26-21-38)53(45-27-22-39(23-28-45)37-14-6-2-7-15-37)46-29-31-47(49(35-46)40-16-8-3-9-17-40)43-24-30-48-50-32-41-18-10-11-19-42(41)33-52(50)54-51(48)34-43/h1-35H. The molecule has 0 bridgehead atoms. The molecule has 0 aliphatic rings. The molecule has 10 aromatic rings. The first kappa shape index (κ1) is 32.0. The number of fused-ring (bicyclic) bond motifs is 4. The fraction of sp³-hybridized carbons (Fsp3) is 0. The van der Waals surface area contributed by atoms with Gasteiger partial charge in [0.05, 0.1) is 0 Å². The van der Waals surface area contributed by atoms with E-state index in [2.05, 4.69) is 217 Å². The normalized spacial score (nSPS) is 11.3. The Bertz CT molecular complexity index is 2810. The van der Waals surface area contributed by atoms with E-state index in [0.717, 1.165) is 17.1 Å². The maximum atomic E-state index is 2.38. The molecule has 54 heavy (non-hydrogen) atoms. The van der Waals surface area contributed by atoms with Crippen LogP contribution in [0.1, 0.15) is 0 Å². The van der Waals surface area contributed by atoms with E-state index < -0.39 is 0 Å². The third kappa shape index (κ3) is 5.93. The smallest absolute Gasteiger partial charge is 0.0468 e. The second-order valence-corrected chi connectivity index (χ2v) is 14.8. The summed E-state index contributed by atoms with van der Waals surface area (Å²) in [7, 11) is 0. The number of benzene rings is 9. The summed E-state index contributed by atoms with van der Waals surface area (Å²) in [4.78, 5) is 2.37. The number of thiophene rings is 1. The first-order valence-corrected chi connectivity index (χ1v) is 19.2. The highest BCUT2D eigenvalue weighted by Gasteiger charge is 2.18. The first-order chi connectivity index (χ1) is 26.7. The molecule has 9 aromatic carbocycles. The summed E-state index contributed by atoms with van der Waals surface area (Å²) >= 11 is 1.88. The maximum Gasteiger partial charge on any atom is 0.0468 e. The summed E-state index contributed by atoms with van der Waals surface area (Å²) < 4.78 is 2.63. The van der Waals surface area contributed by atoms with Crippen LogP contribution >= 0.6 is 11.3 Å². The first-order valence-electron chi connectivity index (χ1n) is 18.4. The number of hydrogen-bond donors (Lipinski definition) is 0. The maximum absolute atomic E-state index is 2.38. The van der Waals surface area contributed by atoms with Gasteiger partial charge in [-0.05, 0) is 110 Å². The lowest BCUT2D eigenvalue weighted by atomic mass is 9.93.